The van der Waals surface area contributed by atoms with Gasteiger partial charge >= 0.3 is 0 Å². The normalized spacial score (nSPS) is 12.8. The van der Waals surface area contributed by atoms with Crippen LogP contribution < -0.4 is 0 Å². The number of hydrogen-bond acceptors (Lipinski definition) is 2. The van der Waals surface area contributed by atoms with Crippen molar-refractivity contribution in [2.45, 2.75) is 52.9 Å². The zero-order chi connectivity index (χ0) is 13.5. The number of hydrogen-bond donors (Lipinski definition) is 1. The van der Waals surface area contributed by atoms with Crippen LogP contribution in [-0.4, -0.2) is 19.8 Å². The highest BCUT2D eigenvalue weighted by molar-refractivity contribution is 6.34. The van der Waals surface area contributed by atoms with E-state index in [2.05, 4.69) is 49.9 Å². The van der Waals surface area contributed by atoms with Gasteiger partial charge in [0, 0.05) is 11.8 Å². The van der Waals surface area contributed by atoms with E-state index in [0.29, 0.717) is 10.9 Å². The molecule has 2 heterocycles. The maximum atomic E-state index is 6.36. The van der Waals surface area contributed by atoms with E-state index in [1.165, 1.54) is 0 Å². The molecule has 4 nitrogen and oxygen atoms in total. The smallest absolute Gasteiger partial charge is 0.196 e. The summed E-state index contributed by atoms with van der Waals surface area (Å²) in [5.74, 6) is 1.61. The molecule has 0 aliphatic rings. The molecule has 0 aliphatic heterocycles. The molecule has 0 atom stereocenters. The van der Waals surface area contributed by atoms with Crippen LogP contribution in [0.1, 0.15) is 52.6 Å². The van der Waals surface area contributed by atoms with Gasteiger partial charge in [-0.2, -0.15) is 0 Å². The van der Waals surface area contributed by atoms with Gasteiger partial charge < -0.3 is 0 Å². The number of aryl methyl sites for hydroxylation is 1. The second kappa shape index (κ2) is 4.57. The van der Waals surface area contributed by atoms with Crippen molar-refractivity contribution < 1.29 is 0 Å². The quantitative estimate of drug-likeness (QED) is 0.925. The summed E-state index contributed by atoms with van der Waals surface area (Å²) in [6.07, 6.45) is 2.02. The summed E-state index contributed by atoms with van der Waals surface area (Å²) < 4.78 is 1.92. The summed E-state index contributed by atoms with van der Waals surface area (Å²) in [4.78, 5) is 0. The molecule has 0 aliphatic carbocycles. The van der Waals surface area contributed by atoms with Crippen LogP contribution in [0, 0.1) is 5.92 Å². The van der Waals surface area contributed by atoms with Crippen molar-refractivity contribution in [2.75, 3.05) is 0 Å². The van der Waals surface area contributed by atoms with E-state index in [0.717, 1.165) is 30.0 Å². The molecule has 1 N–H and O–H groups in total. The number of nitrogens with one attached hydrogen (secondary N) is 1. The second-order valence-electron chi connectivity index (χ2n) is 6.26. The average molecular weight is 269 g/mol. The van der Waals surface area contributed by atoms with Crippen LogP contribution in [0.5, 0.6) is 0 Å². The van der Waals surface area contributed by atoms with Gasteiger partial charge in [-0.1, -0.05) is 46.2 Å². The summed E-state index contributed by atoms with van der Waals surface area (Å²) in [7, 11) is 0. The molecule has 0 spiro atoms. The van der Waals surface area contributed by atoms with Crippen molar-refractivity contribution in [3.8, 4) is 0 Å². The minimum absolute atomic E-state index is 0.0207. The van der Waals surface area contributed by atoms with E-state index in [9.17, 15) is 0 Å². The van der Waals surface area contributed by atoms with Gasteiger partial charge in [-0.3, -0.25) is 5.10 Å². The first-order chi connectivity index (χ1) is 8.30. The van der Waals surface area contributed by atoms with Crippen molar-refractivity contribution in [1.82, 2.24) is 19.8 Å². The highest BCUT2D eigenvalue weighted by Crippen LogP contribution is 2.31. The van der Waals surface area contributed by atoms with E-state index < -0.39 is 0 Å². The molecular weight excluding hydrogens is 248 g/mol. The van der Waals surface area contributed by atoms with Crippen LogP contribution in [0.3, 0.4) is 0 Å². The fourth-order valence-electron chi connectivity index (χ4n) is 1.93. The maximum absolute atomic E-state index is 6.36. The Kier molecular flexibility index (Phi) is 3.41. The fourth-order valence-corrected chi connectivity index (χ4v) is 2.37. The molecule has 0 bridgehead atoms. The van der Waals surface area contributed by atoms with Crippen LogP contribution in [-0.2, 0) is 11.8 Å². The first-order valence-electron chi connectivity index (χ1n) is 6.42. The fraction of sp³-hybridized carbons (Fsp3) is 0.692. The summed E-state index contributed by atoms with van der Waals surface area (Å²) in [6, 6.07) is 0. The lowest BCUT2D eigenvalue weighted by atomic mass is 9.92. The van der Waals surface area contributed by atoms with Crippen molar-refractivity contribution >= 4 is 17.2 Å². The third-order valence-corrected chi connectivity index (χ3v) is 3.42. The molecule has 0 unspecified atom stereocenters. The molecule has 2 rings (SSSR count). The highest BCUT2D eigenvalue weighted by atomic mass is 35.5. The Morgan fingerprint density at radius 3 is 2.50 bits per heavy atom. The Hall–Kier alpha value is -1.03. The third kappa shape index (κ3) is 2.39. The lowest BCUT2D eigenvalue weighted by Gasteiger charge is -2.16. The minimum atomic E-state index is -0.0207. The lowest BCUT2D eigenvalue weighted by molar-refractivity contribution is 0.548. The Morgan fingerprint density at radius 2 is 1.94 bits per heavy atom. The van der Waals surface area contributed by atoms with E-state index >= 15 is 0 Å². The molecule has 0 saturated carbocycles. The van der Waals surface area contributed by atoms with Crippen molar-refractivity contribution in [3.63, 3.8) is 0 Å². The molecule has 0 radical (unpaired) electrons. The van der Waals surface area contributed by atoms with Gasteiger partial charge in [0.15, 0.2) is 11.5 Å². The van der Waals surface area contributed by atoms with Gasteiger partial charge in [-0.25, -0.2) is 4.52 Å². The van der Waals surface area contributed by atoms with Crippen LogP contribution in [0.2, 0.25) is 5.02 Å². The van der Waals surface area contributed by atoms with Gasteiger partial charge in [0.2, 0.25) is 0 Å². The Morgan fingerprint density at radius 1 is 1.28 bits per heavy atom. The Bertz CT molecular complexity index is 545. The van der Waals surface area contributed by atoms with Gasteiger partial charge in [0.25, 0.3) is 0 Å². The van der Waals surface area contributed by atoms with E-state index in [1.807, 2.05) is 4.52 Å². The Labute approximate surface area is 113 Å². The maximum Gasteiger partial charge on any atom is 0.196 e. The molecule has 18 heavy (non-hydrogen) atoms. The molecule has 0 aromatic carbocycles. The molecule has 100 valence electrons. The summed E-state index contributed by atoms with van der Waals surface area (Å²) in [6.45, 7) is 10.8. The molecule has 5 heteroatoms. The third-order valence-electron chi connectivity index (χ3n) is 3.06. The van der Waals surface area contributed by atoms with Crippen molar-refractivity contribution in [2.24, 2.45) is 5.92 Å². The summed E-state index contributed by atoms with van der Waals surface area (Å²) in [5, 5.41) is 12.4. The average Bonchev–Trinajstić information content (AvgIpc) is 2.75. The number of fused-ring (bicyclic) bond motifs is 1. The second-order valence-corrected chi connectivity index (χ2v) is 6.64. The monoisotopic (exact) mass is 268 g/mol. The largest absolute Gasteiger partial charge is 0.293 e. The summed E-state index contributed by atoms with van der Waals surface area (Å²) >= 11 is 6.36. The number of halogens is 1. The zero-order valence-corrected chi connectivity index (χ0v) is 12.5. The molecule has 2 aromatic rings. The zero-order valence-electron chi connectivity index (χ0n) is 11.7. The van der Waals surface area contributed by atoms with Gasteiger partial charge in [0.05, 0.1) is 5.69 Å². The number of nitrogens with zero attached hydrogens (tertiary/aromatic N) is 3. The molecule has 0 amide bonds. The van der Waals surface area contributed by atoms with E-state index in [1.54, 1.807) is 0 Å². The topological polar surface area (TPSA) is 46.0 Å². The Balaban J connectivity index is 2.41. The highest BCUT2D eigenvalue weighted by Gasteiger charge is 2.24. The van der Waals surface area contributed by atoms with Crippen molar-refractivity contribution in [1.29, 1.82) is 0 Å². The van der Waals surface area contributed by atoms with Crippen LogP contribution in [0.25, 0.3) is 5.65 Å². The summed E-state index contributed by atoms with van der Waals surface area (Å²) in [5.41, 5.74) is 1.73. The predicted octanol–water partition coefficient (Wildman–Crippen LogP) is 3.60. The van der Waals surface area contributed by atoms with Gasteiger partial charge in [-0.15, -0.1) is 10.2 Å². The van der Waals surface area contributed by atoms with Crippen LogP contribution >= 0.6 is 11.6 Å². The van der Waals surface area contributed by atoms with Crippen LogP contribution in [0.15, 0.2) is 0 Å². The van der Waals surface area contributed by atoms with Crippen LogP contribution in [0.4, 0.5) is 0 Å². The lowest BCUT2D eigenvalue weighted by Crippen LogP contribution is -2.13. The number of aromatic nitrogens is 4. The minimum Gasteiger partial charge on any atom is -0.293 e. The van der Waals surface area contributed by atoms with Gasteiger partial charge in [0.1, 0.15) is 5.02 Å². The standard InChI is InChI=1S/C13H21ClN4/c1-8(2)6-7-9-15-16-12-10(14)11(13(3,4)5)17-18(9)12/h8,17H,6-7H2,1-5H3. The molecule has 0 fully saturated rings. The van der Waals surface area contributed by atoms with Gasteiger partial charge in [-0.05, 0) is 12.3 Å². The molecular formula is C13H21ClN4. The first-order valence-corrected chi connectivity index (χ1v) is 6.80. The van der Waals surface area contributed by atoms with E-state index in [-0.39, 0.29) is 5.41 Å². The number of rotatable bonds is 3. The molecule has 0 saturated heterocycles. The SMILES string of the molecule is CC(C)CCc1nnc2c(Cl)c(C(C)(C)C)[nH]n12. The van der Waals surface area contributed by atoms with E-state index in [4.69, 9.17) is 11.6 Å². The molecule has 2 aromatic heterocycles. The first kappa shape index (κ1) is 13.4. The number of H-pyrrole nitrogens is 1. The van der Waals surface area contributed by atoms with Crippen molar-refractivity contribution in [3.05, 3.63) is 16.5 Å². The number of aromatic amines is 1. The predicted molar refractivity (Wildman–Crippen MR) is 74.2 cm³/mol.